The van der Waals surface area contributed by atoms with Gasteiger partial charge in [0.2, 0.25) is 5.91 Å². The van der Waals surface area contributed by atoms with Crippen molar-refractivity contribution in [3.8, 4) is 11.3 Å². The molecule has 8 heteroatoms. The Morgan fingerprint density at radius 3 is 2.79 bits per heavy atom. The van der Waals surface area contributed by atoms with Gasteiger partial charge in [0, 0.05) is 49.5 Å². The Bertz CT molecular complexity index is 933. The molecule has 1 saturated heterocycles. The van der Waals surface area contributed by atoms with Crippen LogP contribution in [-0.4, -0.2) is 43.6 Å². The highest BCUT2D eigenvalue weighted by Gasteiger charge is 2.20. The fraction of sp³-hybridized carbons (Fsp3) is 0.350. The van der Waals surface area contributed by atoms with Crippen molar-refractivity contribution in [2.75, 3.05) is 18.5 Å². The predicted octanol–water partition coefficient (Wildman–Crippen LogP) is 2.58. The van der Waals surface area contributed by atoms with Crippen LogP contribution in [0.1, 0.15) is 30.3 Å². The average molecular weight is 378 g/mol. The van der Waals surface area contributed by atoms with E-state index in [0.717, 1.165) is 48.8 Å². The van der Waals surface area contributed by atoms with E-state index in [9.17, 15) is 4.79 Å². The Labute approximate surface area is 163 Å². The second kappa shape index (κ2) is 8.26. The molecule has 1 aliphatic rings. The van der Waals surface area contributed by atoms with Crippen LogP contribution in [0.5, 0.6) is 0 Å². The lowest BCUT2D eigenvalue weighted by Crippen LogP contribution is -2.19. The second-order valence-corrected chi connectivity index (χ2v) is 6.80. The fourth-order valence-electron chi connectivity index (χ4n) is 3.29. The standard InChI is InChI=1S/C20H22N6O2/c1-14-24-18(15-4-8-28-9-5-15)12-26(14)13-20(27)25-19-3-2-16(10-23-19)17-11-21-6-7-22-17/h2-3,6-7,10-12,15H,4-5,8-9,13H2,1H3,(H,23,25,27). The summed E-state index contributed by atoms with van der Waals surface area (Å²) < 4.78 is 7.30. The molecule has 1 fully saturated rings. The van der Waals surface area contributed by atoms with Crippen LogP contribution >= 0.6 is 0 Å². The molecule has 0 aromatic carbocycles. The third kappa shape index (κ3) is 4.23. The molecular formula is C20H22N6O2. The SMILES string of the molecule is Cc1nc(C2CCOCC2)cn1CC(=O)Nc1ccc(-c2cnccn2)cn1. The molecule has 0 atom stereocenters. The van der Waals surface area contributed by atoms with E-state index in [1.165, 1.54) is 0 Å². The molecule has 3 aromatic rings. The molecule has 4 rings (SSSR count). The van der Waals surface area contributed by atoms with E-state index >= 15 is 0 Å². The molecule has 8 nitrogen and oxygen atoms in total. The molecule has 0 bridgehead atoms. The van der Waals surface area contributed by atoms with Gasteiger partial charge in [0.1, 0.15) is 18.2 Å². The van der Waals surface area contributed by atoms with Crippen molar-refractivity contribution in [3.05, 3.63) is 54.6 Å². The van der Waals surface area contributed by atoms with Crippen molar-refractivity contribution in [2.45, 2.75) is 32.2 Å². The molecular weight excluding hydrogens is 356 g/mol. The molecule has 4 heterocycles. The van der Waals surface area contributed by atoms with Gasteiger partial charge in [-0.1, -0.05) is 0 Å². The number of rotatable bonds is 5. The quantitative estimate of drug-likeness (QED) is 0.733. The fourth-order valence-corrected chi connectivity index (χ4v) is 3.29. The summed E-state index contributed by atoms with van der Waals surface area (Å²) in [5.74, 6) is 1.61. The monoisotopic (exact) mass is 378 g/mol. The number of imidazole rings is 1. The zero-order valence-electron chi connectivity index (χ0n) is 15.7. The van der Waals surface area contributed by atoms with Crippen LogP contribution in [0.3, 0.4) is 0 Å². The van der Waals surface area contributed by atoms with Crippen LogP contribution in [0.2, 0.25) is 0 Å². The van der Waals surface area contributed by atoms with Gasteiger partial charge in [-0.15, -0.1) is 0 Å². The van der Waals surface area contributed by atoms with Crippen LogP contribution in [0, 0.1) is 6.92 Å². The van der Waals surface area contributed by atoms with Crippen LogP contribution < -0.4 is 5.32 Å². The molecule has 0 saturated carbocycles. The maximum absolute atomic E-state index is 12.4. The Hall–Kier alpha value is -3.13. The van der Waals surface area contributed by atoms with E-state index in [2.05, 4.69) is 25.3 Å². The van der Waals surface area contributed by atoms with Crippen molar-refractivity contribution in [1.29, 1.82) is 0 Å². The summed E-state index contributed by atoms with van der Waals surface area (Å²) >= 11 is 0. The number of hydrogen-bond donors (Lipinski definition) is 1. The number of nitrogens with one attached hydrogen (secondary N) is 1. The zero-order chi connectivity index (χ0) is 19.3. The third-order valence-electron chi connectivity index (χ3n) is 4.84. The first-order valence-electron chi connectivity index (χ1n) is 9.33. The van der Waals surface area contributed by atoms with E-state index in [4.69, 9.17) is 4.74 Å². The number of ether oxygens (including phenoxy) is 1. The first-order valence-corrected chi connectivity index (χ1v) is 9.33. The second-order valence-electron chi connectivity index (χ2n) is 6.80. The minimum absolute atomic E-state index is 0.140. The van der Waals surface area contributed by atoms with E-state index in [1.54, 1.807) is 30.9 Å². The number of aromatic nitrogens is 5. The molecule has 0 aliphatic carbocycles. The number of pyridine rings is 1. The van der Waals surface area contributed by atoms with Crippen molar-refractivity contribution in [1.82, 2.24) is 24.5 Å². The Kier molecular flexibility index (Phi) is 5.38. The summed E-state index contributed by atoms with van der Waals surface area (Å²) in [5.41, 5.74) is 2.63. The lowest BCUT2D eigenvalue weighted by atomic mass is 9.97. The van der Waals surface area contributed by atoms with Gasteiger partial charge in [-0.25, -0.2) is 9.97 Å². The molecule has 3 aromatic heterocycles. The van der Waals surface area contributed by atoms with Gasteiger partial charge in [0.05, 0.1) is 17.6 Å². The minimum atomic E-state index is -0.140. The molecule has 0 spiro atoms. The Balaban J connectivity index is 1.38. The number of hydrogen-bond acceptors (Lipinski definition) is 6. The topological polar surface area (TPSA) is 94.8 Å². The summed E-state index contributed by atoms with van der Waals surface area (Å²) in [6.45, 7) is 3.67. The number of anilines is 1. The largest absolute Gasteiger partial charge is 0.381 e. The highest BCUT2D eigenvalue weighted by molar-refractivity contribution is 5.89. The summed E-state index contributed by atoms with van der Waals surface area (Å²) in [4.78, 5) is 29.7. The molecule has 28 heavy (non-hydrogen) atoms. The van der Waals surface area contributed by atoms with Gasteiger partial charge in [-0.3, -0.25) is 14.8 Å². The molecule has 144 valence electrons. The van der Waals surface area contributed by atoms with Crippen molar-refractivity contribution >= 4 is 11.7 Å². The number of carbonyl (C=O) groups excluding carboxylic acids is 1. The van der Waals surface area contributed by atoms with E-state index in [-0.39, 0.29) is 12.5 Å². The molecule has 0 unspecified atom stereocenters. The van der Waals surface area contributed by atoms with Crippen LogP contribution in [0.25, 0.3) is 11.3 Å². The lowest BCUT2D eigenvalue weighted by molar-refractivity contribution is -0.116. The first-order chi connectivity index (χ1) is 13.7. The van der Waals surface area contributed by atoms with Crippen molar-refractivity contribution < 1.29 is 9.53 Å². The normalized spacial score (nSPS) is 14.8. The summed E-state index contributed by atoms with van der Waals surface area (Å²) in [6.07, 6.45) is 10.5. The van der Waals surface area contributed by atoms with E-state index < -0.39 is 0 Å². The van der Waals surface area contributed by atoms with E-state index in [1.807, 2.05) is 23.8 Å². The number of aryl methyl sites for hydroxylation is 1. The molecule has 1 aliphatic heterocycles. The summed E-state index contributed by atoms with van der Waals surface area (Å²) in [5, 5.41) is 2.83. The molecule has 0 radical (unpaired) electrons. The smallest absolute Gasteiger partial charge is 0.245 e. The summed E-state index contributed by atoms with van der Waals surface area (Å²) in [6, 6.07) is 3.62. The summed E-state index contributed by atoms with van der Waals surface area (Å²) in [7, 11) is 0. The maximum Gasteiger partial charge on any atom is 0.245 e. The Morgan fingerprint density at radius 2 is 2.07 bits per heavy atom. The van der Waals surface area contributed by atoms with Gasteiger partial charge in [0.15, 0.2) is 0 Å². The highest BCUT2D eigenvalue weighted by Crippen LogP contribution is 2.26. The minimum Gasteiger partial charge on any atom is -0.381 e. The van der Waals surface area contributed by atoms with Gasteiger partial charge < -0.3 is 14.6 Å². The Morgan fingerprint density at radius 1 is 1.21 bits per heavy atom. The van der Waals surface area contributed by atoms with Gasteiger partial charge in [-0.05, 0) is 31.9 Å². The van der Waals surface area contributed by atoms with Gasteiger partial charge in [0.25, 0.3) is 0 Å². The number of carbonyl (C=O) groups is 1. The van der Waals surface area contributed by atoms with Crippen molar-refractivity contribution in [2.24, 2.45) is 0 Å². The maximum atomic E-state index is 12.4. The lowest BCUT2D eigenvalue weighted by Gasteiger charge is -2.19. The third-order valence-corrected chi connectivity index (χ3v) is 4.84. The van der Waals surface area contributed by atoms with E-state index in [0.29, 0.717) is 11.7 Å². The predicted molar refractivity (Wildman–Crippen MR) is 104 cm³/mol. The van der Waals surface area contributed by atoms with Crippen LogP contribution in [0.4, 0.5) is 5.82 Å². The van der Waals surface area contributed by atoms with Crippen LogP contribution in [0.15, 0.2) is 43.1 Å². The number of nitrogens with zero attached hydrogens (tertiary/aromatic N) is 5. The van der Waals surface area contributed by atoms with Crippen LogP contribution in [-0.2, 0) is 16.1 Å². The van der Waals surface area contributed by atoms with Gasteiger partial charge in [-0.2, -0.15) is 0 Å². The molecule has 1 amide bonds. The zero-order valence-corrected chi connectivity index (χ0v) is 15.7. The average Bonchev–Trinajstić information content (AvgIpc) is 3.10. The van der Waals surface area contributed by atoms with Crippen molar-refractivity contribution in [3.63, 3.8) is 0 Å². The first kappa shape index (κ1) is 18.2. The molecule has 1 N–H and O–H groups in total. The number of amides is 1. The highest BCUT2D eigenvalue weighted by atomic mass is 16.5. The van der Waals surface area contributed by atoms with Gasteiger partial charge >= 0.3 is 0 Å².